The Morgan fingerprint density at radius 2 is 2.12 bits per heavy atom. The van der Waals surface area contributed by atoms with Crippen LogP contribution in [-0.2, 0) is 13.0 Å². The van der Waals surface area contributed by atoms with E-state index in [2.05, 4.69) is 35.3 Å². The van der Waals surface area contributed by atoms with Gasteiger partial charge < -0.3 is 10.2 Å². The monoisotopic (exact) mass is 371 g/mol. The Labute approximate surface area is 160 Å². The first kappa shape index (κ1) is 17.9. The number of hydrogen-bond donors (Lipinski definition) is 1. The van der Waals surface area contributed by atoms with Crippen LogP contribution in [0.3, 0.4) is 0 Å². The second kappa shape index (κ2) is 7.65. The fourth-order valence-electron chi connectivity index (χ4n) is 4.11. The maximum atomic E-state index is 13.0. The number of carbonyl (C=O) groups is 1. The summed E-state index contributed by atoms with van der Waals surface area (Å²) in [5.74, 6) is 2.06. The fourth-order valence-corrected chi connectivity index (χ4v) is 5.13. The summed E-state index contributed by atoms with van der Waals surface area (Å²) in [5, 5.41) is 4.76. The number of amides is 1. The second-order valence-electron chi connectivity index (χ2n) is 7.69. The van der Waals surface area contributed by atoms with Crippen LogP contribution in [0.5, 0.6) is 0 Å². The van der Waals surface area contributed by atoms with Gasteiger partial charge in [0, 0.05) is 55.0 Å². The van der Waals surface area contributed by atoms with E-state index in [1.54, 1.807) is 0 Å². The third kappa shape index (κ3) is 3.27. The highest BCUT2D eigenvalue weighted by atomic mass is 32.2. The van der Waals surface area contributed by atoms with E-state index in [0.29, 0.717) is 0 Å². The Morgan fingerprint density at radius 1 is 1.31 bits per heavy atom. The Balaban J connectivity index is 1.69. The van der Waals surface area contributed by atoms with Gasteiger partial charge in [-0.2, -0.15) is 0 Å². The lowest BCUT2D eigenvalue weighted by Gasteiger charge is -2.30. The van der Waals surface area contributed by atoms with Gasteiger partial charge in [-0.3, -0.25) is 8.77 Å². The standard InChI is InChI=1S/C21H29N3OS/c1-3-12-26-24-19-5-4-16(21(25)23-10-7-15(2)8-11-23)13-17(19)18-14-22-9-6-20(18)24/h4-5,13,15,22H,3,6-12,14H2,1-2H3. The van der Waals surface area contributed by atoms with Crippen LogP contribution >= 0.6 is 11.9 Å². The lowest BCUT2D eigenvalue weighted by Crippen LogP contribution is -2.37. The first-order valence-corrected chi connectivity index (χ1v) is 10.9. The summed E-state index contributed by atoms with van der Waals surface area (Å²) in [7, 11) is 0. The van der Waals surface area contributed by atoms with E-state index in [1.165, 1.54) is 28.6 Å². The molecule has 4 nitrogen and oxygen atoms in total. The first-order valence-electron chi connectivity index (χ1n) is 9.98. The molecule has 0 atom stereocenters. The number of nitrogens with one attached hydrogen (secondary N) is 1. The zero-order chi connectivity index (χ0) is 18.1. The van der Waals surface area contributed by atoms with Gasteiger partial charge in [0.2, 0.25) is 0 Å². The summed E-state index contributed by atoms with van der Waals surface area (Å²) in [4.78, 5) is 15.0. The SMILES string of the molecule is CCCSn1c2c(c3cc(C(=O)N4CCC(C)CC4)ccc31)CNCC2. The number of aromatic nitrogens is 1. The number of likely N-dealkylation sites (tertiary alicyclic amines) is 1. The molecular weight excluding hydrogens is 342 g/mol. The molecule has 140 valence electrons. The highest BCUT2D eigenvalue weighted by Gasteiger charge is 2.24. The minimum absolute atomic E-state index is 0.199. The van der Waals surface area contributed by atoms with E-state index in [0.717, 1.165) is 62.7 Å². The van der Waals surface area contributed by atoms with Crippen molar-refractivity contribution in [1.82, 2.24) is 14.2 Å². The van der Waals surface area contributed by atoms with Gasteiger partial charge in [-0.25, -0.2) is 0 Å². The molecule has 1 aromatic heterocycles. The Morgan fingerprint density at radius 3 is 2.88 bits per heavy atom. The van der Waals surface area contributed by atoms with Gasteiger partial charge in [0.05, 0.1) is 5.52 Å². The second-order valence-corrected chi connectivity index (χ2v) is 8.72. The Bertz CT molecular complexity index is 805. The number of benzene rings is 1. The average molecular weight is 372 g/mol. The number of carbonyl (C=O) groups excluding carboxylic acids is 1. The number of fused-ring (bicyclic) bond motifs is 3. The van der Waals surface area contributed by atoms with E-state index < -0.39 is 0 Å². The van der Waals surface area contributed by atoms with Crippen LogP contribution in [0.25, 0.3) is 10.9 Å². The smallest absolute Gasteiger partial charge is 0.253 e. The lowest BCUT2D eigenvalue weighted by atomic mass is 9.98. The number of rotatable bonds is 4. The van der Waals surface area contributed by atoms with Crippen molar-refractivity contribution in [2.45, 2.75) is 46.1 Å². The van der Waals surface area contributed by atoms with Gasteiger partial charge in [0.15, 0.2) is 0 Å². The third-order valence-electron chi connectivity index (χ3n) is 5.72. The van der Waals surface area contributed by atoms with E-state index in [1.807, 2.05) is 22.9 Å². The highest BCUT2D eigenvalue weighted by Crippen LogP contribution is 2.33. The molecule has 2 aliphatic rings. The lowest BCUT2D eigenvalue weighted by molar-refractivity contribution is 0.0697. The predicted molar refractivity (Wildman–Crippen MR) is 110 cm³/mol. The van der Waals surface area contributed by atoms with Crippen molar-refractivity contribution in [2.75, 3.05) is 25.4 Å². The summed E-state index contributed by atoms with van der Waals surface area (Å²) in [6, 6.07) is 6.34. The number of hydrogen-bond acceptors (Lipinski definition) is 3. The zero-order valence-electron chi connectivity index (χ0n) is 15.9. The minimum Gasteiger partial charge on any atom is -0.339 e. The van der Waals surface area contributed by atoms with Crippen molar-refractivity contribution in [3.05, 3.63) is 35.0 Å². The number of piperidine rings is 1. The van der Waals surface area contributed by atoms with Gasteiger partial charge in [-0.1, -0.05) is 13.8 Å². The maximum Gasteiger partial charge on any atom is 0.253 e. The van der Waals surface area contributed by atoms with Crippen LogP contribution in [0.4, 0.5) is 0 Å². The van der Waals surface area contributed by atoms with Gasteiger partial charge in [0.25, 0.3) is 5.91 Å². The molecule has 4 rings (SSSR count). The normalized spacial score (nSPS) is 18.3. The van der Waals surface area contributed by atoms with Crippen LogP contribution in [0.2, 0.25) is 0 Å². The molecule has 5 heteroatoms. The molecule has 2 aliphatic heterocycles. The van der Waals surface area contributed by atoms with E-state index in [-0.39, 0.29) is 5.91 Å². The van der Waals surface area contributed by atoms with E-state index in [9.17, 15) is 4.79 Å². The minimum atomic E-state index is 0.199. The van der Waals surface area contributed by atoms with Gasteiger partial charge in [-0.15, -0.1) is 0 Å². The molecule has 26 heavy (non-hydrogen) atoms. The molecule has 0 unspecified atom stereocenters. The molecule has 1 amide bonds. The molecule has 1 aromatic carbocycles. The molecule has 0 aliphatic carbocycles. The van der Waals surface area contributed by atoms with Gasteiger partial charge >= 0.3 is 0 Å². The summed E-state index contributed by atoms with van der Waals surface area (Å²) < 4.78 is 2.42. The molecule has 2 aromatic rings. The summed E-state index contributed by atoms with van der Waals surface area (Å²) >= 11 is 1.91. The summed E-state index contributed by atoms with van der Waals surface area (Å²) in [6.45, 7) is 8.24. The molecule has 0 bridgehead atoms. The van der Waals surface area contributed by atoms with Crippen LogP contribution in [0.15, 0.2) is 18.2 Å². The van der Waals surface area contributed by atoms with Crippen LogP contribution in [0, 0.1) is 5.92 Å². The first-order chi connectivity index (χ1) is 12.7. The average Bonchev–Trinajstić information content (AvgIpc) is 2.99. The van der Waals surface area contributed by atoms with Crippen molar-refractivity contribution in [3.8, 4) is 0 Å². The highest BCUT2D eigenvalue weighted by molar-refractivity contribution is 7.98. The molecule has 1 N–H and O–H groups in total. The topological polar surface area (TPSA) is 37.3 Å². The molecule has 3 heterocycles. The molecule has 1 fully saturated rings. The van der Waals surface area contributed by atoms with Gasteiger partial charge in [0.1, 0.15) is 0 Å². The molecule has 0 spiro atoms. The van der Waals surface area contributed by atoms with Gasteiger partial charge in [-0.05, 0) is 60.9 Å². The Hall–Kier alpha value is -1.46. The molecule has 1 saturated heterocycles. The molecule has 0 saturated carbocycles. The van der Waals surface area contributed by atoms with Crippen molar-refractivity contribution in [1.29, 1.82) is 0 Å². The van der Waals surface area contributed by atoms with E-state index in [4.69, 9.17) is 0 Å². The van der Waals surface area contributed by atoms with Crippen molar-refractivity contribution in [2.24, 2.45) is 5.92 Å². The van der Waals surface area contributed by atoms with E-state index >= 15 is 0 Å². The molecule has 0 radical (unpaired) electrons. The fraction of sp³-hybridized carbons (Fsp3) is 0.571. The number of nitrogens with zero attached hydrogens (tertiary/aromatic N) is 2. The van der Waals surface area contributed by atoms with Crippen molar-refractivity contribution in [3.63, 3.8) is 0 Å². The Kier molecular flexibility index (Phi) is 5.28. The summed E-state index contributed by atoms with van der Waals surface area (Å²) in [5.41, 5.74) is 4.93. The quantitative estimate of drug-likeness (QED) is 0.880. The summed E-state index contributed by atoms with van der Waals surface area (Å²) in [6.07, 6.45) is 4.48. The largest absolute Gasteiger partial charge is 0.339 e. The van der Waals surface area contributed by atoms with Crippen LogP contribution in [0.1, 0.15) is 54.7 Å². The van der Waals surface area contributed by atoms with Crippen molar-refractivity contribution >= 4 is 28.8 Å². The third-order valence-corrected chi connectivity index (χ3v) is 6.98. The zero-order valence-corrected chi connectivity index (χ0v) is 16.7. The maximum absolute atomic E-state index is 13.0. The molecular formula is C21H29N3OS. The predicted octanol–water partition coefficient (Wildman–Crippen LogP) is 4.07. The van der Waals surface area contributed by atoms with Crippen LogP contribution < -0.4 is 5.32 Å². The van der Waals surface area contributed by atoms with Crippen LogP contribution in [-0.4, -0.2) is 40.2 Å². The van der Waals surface area contributed by atoms with Crippen molar-refractivity contribution < 1.29 is 4.79 Å².